The summed E-state index contributed by atoms with van der Waals surface area (Å²) >= 11 is 5.16. The molecule has 0 spiro atoms. The second-order valence-corrected chi connectivity index (χ2v) is 6.15. The number of aromatic nitrogens is 2. The van der Waals surface area contributed by atoms with Crippen molar-refractivity contribution in [3.8, 4) is 0 Å². The van der Waals surface area contributed by atoms with E-state index in [0.717, 1.165) is 24.0 Å². The Bertz CT molecular complexity index is 513. The molecule has 2 heterocycles. The van der Waals surface area contributed by atoms with E-state index in [1.54, 1.807) is 11.3 Å². The van der Waals surface area contributed by atoms with Gasteiger partial charge in [0.25, 0.3) is 0 Å². The molecular weight excluding hydrogens is 328 g/mol. The Kier molecular flexibility index (Phi) is 5.35. The van der Waals surface area contributed by atoms with Crippen LogP contribution in [-0.4, -0.2) is 23.8 Å². The van der Waals surface area contributed by atoms with Crippen LogP contribution in [0.2, 0.25) is 0 Å². The Balaban J connectivity index is 1.90. The number of rotatable bonds is 7. The third kappa shape index (κ3) is 4.29. The highest BCUT2D eigenvalue weighted by atomic mass is 79.9. The zero-order valence-electron chi connectivity index (χ0n) is 11.0. The normalized spacial score (nSPS) is 10.9. The summed E-state index contributed by atoms with van der Waals surface area (Å²) in [6, 6.07) is 2.65. The van der Waals surface area contributed by atoms with E-state index in [4.69, 9.17) is 4.42 Å². The summed E-state index contributed by atoms with van der Waals surface area (Å²) in [5.41, 5.74) is 0. The first-order valence-electron chi connectivity index (χ1n) is 6.16. The van der Waals surface area contributed by atoms with Gasteiger partial charge < -0.3 is 14.6 Å². The van der Waals surface area contributed by atoms with Crippen molar-refractivity contribution in [1.29, 1.82) is 0 Å². The molecule has 0 radical (unpaired) electrons. The van der Waals surface area contributed by atoms with Crippen molar-refractivity contribution < 1.29 is 4.42 Å². The number of nitrogens with one attached hydrogen (secondary N) is 1. The molecule has 0 bridgehead atoms. The Labute approximate surface area is 125 Å². The molecule has 5 nitrogen and oxygen atoms in total. The molecule has 0 aliphatic carbocycles. The molecule has 0 saturated carbocycles. The Morgan fingerprint density at radius 2 is 2.32 bits per heavy atom. The lowest BCUT2D eigenvalue weighted by molar-refractivity contribution is 0.465. The molecule has 19 heavy (non-hydrogen) atoms. The van der Waals surface area contributed by atoms with Crippen LogP contribution >= 0.6 is 27.3 Å². The lowest BCUT2D eigenvalue weighted by atomic mass is 10.4. The summed E-state index contributed by atoms with van der Waals surface area (Å²) in [4.78, 5) is 3.20. The zero-order chi connectivity index (χ0) is 13.7. The minimum Gasteiger partial charge on any atom is -0.407 e. The van der Waals surface area contributed by atoms with Crippen LogP contribution in [0.3, 0.4) is 0 Å². The smallest absolute Gasteiger partial charge is 0.318 e. The van der Waals surface area contributed by atoms with Crippen molar-refractivity contribution >= 4 is 33.3 Å². The van der Waals surface area contributed by atoms with Crippen molar-refractivity contribution in [1.82, 2.24) is 15.5 Å². The summed E-state index contributed by atoms with van der Waals surface area (Å²) in [6.07, 6.45) is 1.09. The van der Waals surface area contributed by atoms with E-state index < -0.39 is 0 Å². The van der Waals surface area contributed by atoms with Crippen LogP contribution in [0.5, 0.6) is 0 Å². The van der Waals surface area contributed by atoms with Gasteiger partial charge in [0.1, 0.15) is 0 Å². The highest BCUT2D eigenvalue weighted by Gasteiger charge is 2.11. The fourth-order valence-corrected chi connectivity index (χ4v) is 3.08. The second kappa shape index (κ2) is 7.02. The predicted molar refractivity (Wildman–Crippen MR) is 80.4 cm³/mol. The van der Waals surface area contributed by atoms with Crippen LogP contribution in [0.25, 0.3) is 0 Å². The van der Waals surface area contributed by atoms with E-state index in [2.05, 4.69) is 49.8 Å². The van der Waals surface area contributed by atoms with E-state index in [1.807, 2.05) is 11.9 Å². The van der Waals surface area contributed by atoms with Gasteiger partial charge in [-0.2, -0.15) is 0 Å². The monoisotopic (exact) mass is 344 g/mol. The largest absolute Gasteiger partial charge is 0.407 e. The average molecular weight is 345 g/mol. The Hall–Kier alpha value is -0.920. The maximum Gasteiger partial charge on any atom is 0.318 e. The average Bonchev–Trinajstić information content (AvgIpc) is 2.99. The van der Waals surface area contributed by atoms with Crippen LogP contribution in [0.1, 0.15) is 24.1 Å². The molecule has 2 aromatic rings. The highest BCUT2D eigenvalue weighted by molar-refractivity contribution is 9.10. The van der Waals surface area contributed by atoms with E-state index in [0.29, 0.717) is 18.5 Å². The molecule has 2 aromatic heterocycles. The molecule has 2 rings (SSSR count). The molecule has 0 fully saturated rings. The van der Waals surface area contributed by atoms with Gasteiger partial charge in [0.2, 0.25) is 5.89 Å². The van der Waals surface area contributed by atoms with Gasteiger partial charge in [-0.3, -0.25) is 0 Å². The van der Waals surface area contributed by atoms with E-state index in [1.165, 1.54) is 4.88 Å². The summed E-state index contributed by atoms with van der Waals surface area (Å²) in [5, 5.41) is 13.4. The number of nitrogens with zero attached hydrogens (tertiary/aromatic N) is 3. The minimum absolute atomic E-state index is 0.554. The molecule has 0 amide bonds. The third-order valence-corrected chi connectivity index (χ3v) is 4.18. The van der Waals surface area contributed by atoms with Crippen molar-refractivity contribution in [2.24, 2.45) is 0 Å². The predicted octanol–water partition coefficient (Wildman–Crippen LogP) is 3.03. The number of hydrogen-bond donors (Lipinski definition) is 1. The van der Waals surface area contributed by atoms with Crippen molar-refractivity contribution in [2.75, 3.05) is 18.5 Å². The zero-order valence-corrected chi connectivity index (χ0v) is 13.4. The lowest BCUT2D eigenvalue weighted by Crippen LogP contribution is -2.16. The molecular formula is C12H17BrN4OS. The maximum atomic E-state index is 5.61. The fourth-order valence-electron chi connectivity index (χ4n) is 1.58. The van der Waals surface area contributed by atoms with Gasteiger partial charge >= 0.3 is 6.01 Å². The molecule has 104 valence electrons. The van der Waals surface area contributed by atoms with Crippen LogP contribution in [-0.2, 0) is 13.1 Å². The highest BCUT2D eigenvalue weighted by Crippen LogP contribution is 2.22. The number of halogens is 1. The number of thiophene rings is 1. The van der Waals surface area contributed by atoms with Gasteiger partial charge in [-0.25, -0.2) is 0 Å². The first-order valence-corrected chi connectivity index (χ1v) is 7.83. The molecule has 0 saturated heterocycles. The standard InChI is InChI=1S/C12H17BrN4OS/c1-3-4-14-6-11-15-16-12(18-11)17(2)7-10-5-9(13)8-19-10/h5,8,14H,3-4,6-7H2,1-2H3. The van der Waals surface area contributed by atoms with Crippen LogP contribution in [0.15, 0.2) is 20.3 Å². The minimum atomic E-state index is 0.554. The molecule has 0 aliphatic rings. The van der Waals surface area contributed by atoms with Gasteiger partial charge in [-0.1, -0.05) is 12.0 Å². The van der Waals surface area contributed by atoms with Crippen LogP contribution in [0.4, 0.5) is 6.01 Å². The summed E-state index contributed by atoms with van der Waals surface area (Å²) in [6.45, 7) is 4.47. The first-order chi connectivity index (χ1) is 9.19. The van der Waals surface area contributed by atoms with Crippen LogP contribution in [0, 0.1) is 0 Å². The summed E-state index contributed by atoms with van der Waals surface area (Å²) < 4.78 is 6.71. The van der Waals surface area contributed by atoms with Crippen molar-refractivity contribution in [2.45, 2.75) is 26.4 Å². The summed E-state index contributed by atoms with van der Waals surface area (Å²) in [7, 11) is 1.95. The van der Waals surface area contributed by atoms with E-state index >= 15 is 0 Å². The van der Waals surface area contributed by atoms with Gasteiger partial charge in [0, 0.05) is 21.8 Å². The number of anilines is 1. The SMILES string of the molecule is CCCNCc1nnc(N(C)Cc2cc(Br)cs2)o1. The molecule has 1 N–H and O–H groups in total. The Morgan fingerprint density at radius 1 is 1.47 bits per heavy atom. The van der Waals surface area contributed by atoms with Crippen molar-refractivity contribution in [3.63, 3.8) is 0 Å². The van der Waals surface area contributed by atoms with Gasteiger partial charge in [-0.05, 0) is 35.0 Å². The fraction of sp³-hybridized carbons (Fsp3) is 0.500. The molecule has 7 heteroatoms. The van der Waals surface area contributed by atoms with E-state index in [9.17, 15) is 0 Å². The van der Waals surface area contributed by atoms with Gasteiger partial charge in [-0.15, -0.1) is 16.4 Å². The van der Waals surface area contributed by atoms with Gasteiger partial charge in [0.15, 0.2) is 0 Å². The number of hydrogen-bond acceptors (Lipinski definition) is 6. The quantitative estimate of drug-likeness (QED) is 0.782. The van der Waals surface area contributed by atoms with Crippen molar-refractivity contribution in [3.05, 3.63) is 26.7 Å². The molecule has 0 atom stereocenters. The first kappa shape index (κ1) is 14.5. The van der Waals surface area contributed by atoms with Crippen LogP contribution < -0.4 is 10.2 Å². The lowest BCUT2D eigenvalue weighted by Gasteiger charge is -2.11. The molecule has 0 aromatic carbocycles. The maximum absolute atomic E-state index is 5.61. The second-order valence-electron chi connectivity index (χ2n) is 4.24. The topological polar surface area (TPSA) is 54.2 Å². The molecule has 0 unspecified atom stereocenters. The van der Waals surface area contributed by atoms with E-state index in [-0.39, 0.29) is 0 Å². The Morgan fingerprint density at radius 3 is 3.00 bits per heavy atom. The molecule has 0 aliphatic heterocycles. The third-order valence-electron chi connectivity index (χ3n) is 2.50. The van der Waals surface area contributed by atoms with Gasteiger partial charge in [0.05, 0.1) is 13.1 Å². The summed E-state index contributed by atoms with van der Waals surface area (Å²) in [5.74, 6) is 0.627.